The largest absolute Gasteiger partial charge is 0.493 e. The summed E-state index contributed by atoms with van der Waals surface area (Å²) in [7, 11) is 0. The molecule has 0 saturated heterocycles. The van der Waals surface area contributed by atoms with Crippen molar-refractivity contribution in [2.24, 2.45) is 0 Å². The molecule has 2 aromatic rings. The van der Waals surface area contributed by atoms with Gasteiger partial charge in [0.25, 0.3) is 0 Å². The zero-order valence-electron chi connectivity index (χ0n) is 12.9. The molecule has 0 heterocycles. The molecule has 0 aliphatic heterocycles. The first-order valence-electron chi connectivity index (χ1n) is 7.72. The number of aryl methyl sites for hydroxylation is 3. The van der Waals surface area contributed by atoms with Crippen LogP contribution in [0.4, 0.5) is 5.69 Å². The van der Waals surface area contributed by atoms with E-state index in [1.165, 1.54) is 30.4 Å². The van der Waals surface area contributed by atoms with Crippen LogP contribution in [0.1, 0.15) is 41.0 Å². The van der Waals surface area contributed by atoms with Gasteiger partial charge in [0.2, 0.25) is 0 Å². The molecule has 1 unspecified atom stereocenters. The van der Waals surface area contributed by atoms with E-state index in [1.807, 2.05) is 13.0 Å². The van der Waals surface area contributed by atoms with Crippen molar-refractivity contribution in [1.82, 2.24) is 0 Å². The SMILES string of the molecule is Cc1cc(C)c(OCC2CCCc3ccccc32)cc1N. The molecule has 0 amide bonds. The molecule has 1 aliphatic rings. The molecule has 21 heavy (non-hydrogen) atoms. The number of ether oxygens (including phenoxy) is 1. The summed E-state index contributed by atoms with van der Waals surface area (Å²) < 4.78 is 6.09. The number of benzene rings is 2. The molecular weight excluding hydrogens is 258 g/mol. The molecule has 2 N–H and O–H groups in total. The summed E-state index contributed by atoms with van der Waals surface area (Å²) in [5, 5.41) is 0. The van der Waals surface area contributed by atoms with Gasteiger partial charge >= 0.3 is 0 Å². The highest BCUT2D eigenvalue weighted by molar-refractivity contribution is 5.54. The monoisotopic (exact) mass is 281 g/mol. The molecule has 1 atom stereocenters. The van der Waals surface area contributed by atoms with Crippen LogP contribution in [-0.4, -0.2) is 6.61 Å². The Balaban J connectivity index is 1.76. The summed E-state index contributed by atoms with van der Waals surface area (Å²) in [4.78, 5) is 0. The fraction of sp³-hybridized carbons (Fsp3) is 0.368. The maximum Gasteiger partial charge on any atom is 0.124 e. The topological polar surface area (TPSA) is 35.2 Å². The van der Waals surface area contributed by atoms with E-state index in [4.69, 9.17) is 10.5 Å². The van der Waals surface area contributed by atoms with Crippen LogP contribution in [0, 0.1) is 13.8 Å². The third-order valence-corrected chi connectivity index (χ3v) is 4.50. The van der Waals surface area contributed by atoms with E-state index in [2.05, 4.69) is 37.3 Å². The van der Waals surface area contributed by atoms with Crippen molar-refractivity contribution in [3.05, 3.63) is 58.7 Å². The summed E-state index contributed by atoms with van der Waals surface area (Å²) in [6, 6.07) is 12.8. The summed E-state index contributed by atoms with van der Waals surface area (Å²) in [5.74, 6) is 1.41. The van der Waals surface area contributed by atoms with Crippen molar-refractivity contribution in [2.75, 3.05) is 12.3 Å². The van der Waals surface area contributed by atoms with Gasteiger partial charge in [-0.25, -0.2) is 0 Å². The molecule has 0 saturated carbocycles. The van der Waals surface area contributed by atoms with Gasteiger partial charge in [-0.3, -0.25) is 0 Å². The van der Waals surface area contributed by atoms with Crippen molar-refractivity contribution in [1.29, 1.82) is 0 Å². The smallest absolute Gasteiger partial charge is 0.124 e. The minimum atomic E-state index is 0.497. The molecule has 2 nitrogen and oxygen atoms in total. The van der Waals surface area contributed by atoms with Crippen LogP contribution in [0.2, 0.25) is 0 Å². The molecule has 3 rings (SSSR count). The van der Waals surface area contributed by atoms with Gasteiger partial charge in [0, 0.05) is 17.7 Å². The van der Waals surface area contributed by atoms with Crippen LogP contribution in [-0.2, 0) is 6.42 Å². The van der Waals surface area contributed by atoms with E-state index in [0.717, 1.165) is 29.2 Å². The maximum atomic E-state index is 6.09. The lowest BCUT2D eigenvalue weighted by atomic mass is 9.83. The molecular formula is C19H23NO. The van der Waals surface area contributed by atoms with Gasteiger partial charge in [-0.15, -0.1) is 0 Å². The predicted octanol–water partition coefficient (Wildman–Crippen LogP) is 4.38. The Hall–Kier alpha value is -1.96. The molecule has 0 radical (unpaired) electrons. The number of hydrogen-bond donors (Lipinski definition) is 1. The van der Waals surface area contributed by atoms with E-state index in [9.17, 15) is 0 Å². The van der Waals surface area contributed by atoms with Gasteiger partial charge in [-0.1, -0.05) is 30.3 Å². The number of rotatable bonds is 3. The first-order valence-corrected chi connectivity index (χ1v) is 7.72. The van der Waals surface area contributed by atoms with E-state index < -0.39 is 0 Å². The van der Waals surface area contributed by atoms with Gasteiger partial charge in [-0.2, -0.15) is 0 Å². The maximum absolute atomic E-state index is 6.09. The summed E-state index contributed by atoms with van der Waals surface area (Å²) in [6.07, 6.45) is 3.65. The first-order chi connectivity index (χ1) is 10.1. The van der Waals surface area contributed by atoms with Crippen molar-refractivity contribution in [3.63, 3.8) is 0 Å². The normalized spacial score (nSPS) is 17.3. The van der Waals surface area contributed by atoms with Crippen molar-refractivity contribution in [3.8, 4) is 5.75 Å². The number of hydrogen-bond acceptors (Lipinski definition) is 2. The third-order valence-electron chi connectivity index (χ3n) is 4.50. The minimum absolute atomic E-state index is 0.497. The van der Waals surface area contributed by atoms with Crippen molar-refractivity contribution in [2.45, 2.75) is 39.0 Å². The fourth-order valence-corrected chi connectivity index (χ4v) is 3.22. The lowest BCUT2D eigenvalue weighted by Crippen LogP contribution is -2.17. The third kappa shape index (κ3) is 2.90. The van der Waals surface area contributed by atoms with Crippen LogP contribution < -0.4 is 10.5 Å². The van der Waals surface area contributed by atoms with E-state index in [1.54, 1.807) is 0 Å². The number of anilines is 1. The fourth-order valence-electron chi connectivity index (χ4n) is 3.22. The van der Waals surface area contributed by atoms with Crippen LogP contribution >= 0.6 is 0 Å². The van der Waals surface area contributed by atoms with E-state index in [-0.39, 0.29) is 0 Å². The Kier molecular flexibility index (Phi) is 3.87. The molecule has 110 valence electrons. The van der Waals surface area contributed by atoms with Crippen LogP contribution in [0.5, 0.6) is 5.75 Å². The van der Waals surface area contributed by atoms with Crippen LogP contribution in [0.3, 0.4) is 0 Å². The molecule has 0 bridgehead atoms. The molecule has 0 fully saturated rings. The Morgan fingerprint density at radius 1 is 1.14 bits per heavy atom. The Morgan fingerprint density at radius 3 is 2.81 bits per heavy atom. The van der Waals surface area contributed by atoms with Gasteiger partial charge in [0.05, 0.1) is 6.61 Å². The molecule has 2 aromatic carbocycles. The van der Waals surface area contributed by atoms with Gasteiger partial charge in [-0.05, 0) is 55.4 Å². The average molecular weight is 281 g/mol. The minimum Gasteiger partial charge on any atom is -0.493 e. The van der Waals surface area contributed by atoms with Crippen LogP contribution in [0.25, 0.3) is 0 Å². The average Bonchev–Trinajstić information content (AvgIpc) is 2.49. The van der Waals surface area contributed by atoms with Crippen LogP contribution in [0.15, 0.2) is 36.4 Å². The highest BCUT2D eigenvalue weighted by Gasteiger charge is 2.20. The van der Waals surface area contributed by atoms with Gasteiger partial charge < -0.3 is 10.5 Å². The highest BCUT2D eigenvalue weighted by Crippen LogP contribution is 2.33. The number of fused-ring (bicyclic) bond motifs is 1. The Bertz CT molecular complexity index is 648. The standard InChI is InChI=1S/C19H23NO/c1-13-10-14(2)19(11-18(13)20)21-12-16-8-5-7-15-6-3-4-9-17(15)16/h3-4,6,9-11,16H,5,7-8,12,20H2,1-2H3. The second kappa shape index (κ2) is 5.80. The second-order valence-electron chi connectivity index (χ2n) is 6.07. The summed E-state index contributed by atoms with van der Waals surface area (Å²) in [6.45, 7) is 4.85. The molecule has 1 aliphatic carbocycles. The highest BCUT2D eigenvalue weighted by atomic mass is 16.5. The molecule has 0 spiro atoms. The zero-order chi connectivity index (χ0) is 14.8. The Labute approximate surface area is 126 Å². The molecule has 2 heteroatoms. The van der Waals surface area contributed by atoms with Gasteiger partial charge in [0.15, 0.2) is 0 Å². The lowest BCUT2D eigenvalue weighted by Gasteiger charge is -2.26. The predicted molar refractivity (Wildman–Crippen MR) is 87.9 cm³/mol. The van der Waals surface area contributed by atoms with E-state index in [0.29, 0.717) is 5.92 Å². The number of nitrogen functional groups attached to an aromatic ring is 1. The molecule has 0 aromatic heterocycles. The second-order valence-corrected chi connectivity index (χ2v) is 6.07. The van der Waals surface area contributed by atoms with Gasteiger partial charge in [0.1, 0.15) is 5.75 Å². The number of nitrogens with two attached hydrogens (primary N) is 1. The summed E-state index contributed by atoms with van der Waals surface area (Å²) >= 11 is 0. The first kappa shape index (κ1) is 14.0. The Morgan fingerprint density at radius 2 is 1.95 bits per heavy atom. The lowest BCUT2D eigenvalue weighted by molar-refractivity contribution is 0.273. The summed E-state index contributed by atoms with van der Waals surface area (Å²) in [5.41, 5.74) is 12.0. The van der Waals surface area contributed by atoms with E-state index >= 15 is 0 Å². The zero-order valence-corrected chi connectivity index (χ0v) is 12.9. The van der Waals surface area contributed by atoms with Crippen molar-refractivity contribution < 1.29 is 4.74 Å². The quantitative estimate of drug-likeness (QED) is 0.847. The van der Waals surface area contributed by atoms with Crippen molar-refractivity contribution >= 4 is 5.69 Å².